The maximum atomic E-state index is 6.00. The summed E-state index contributed by atoms with van der Waals surface area (Å²) in [5, 5.41) is 3.69. The summed E-state index contributed by atoms with van der Waals surface area (Å²) in [5.74, 6) is 1.90. The molecule has 0 spiro atoms. The van der Waals surface area contributed by atoms with Crippen molar-refractivity contribution in [3.63, 3.8) is 0 Å². The molecule has 4 heteroatoms. The van der Waals surface area contributed by atoms with E-state index in [1.807, 2.05) is 12.3 Å². The number of hydrogen-bond acceptors (Lipinski definition) is 4. The molecule has 4 nitrogen and oxygen atoms in total. The first-order valence-corrected chi connectivity index (χ1v) is 7.48. The SMILES string of the molecule is N[C@H]1CC[C@H](C2CN(c3ccccn3)CCN2)CC1. The Hall–Kier alpha value is -1.13. The molecular weight excluding hydrogens is 236 g/mol. The van der Waals surface area contributed by atoms with Gasteiger partial charge in [0.1, 0.15) is 5.82 Å². The summed E-state index contributed by atoms with van der Waals surface area (Å²) < 4.78 is 0. The lowest BCUT2D eigenvalue weighted by Crippen LogP contribution is -2.54. The van der Waals surface area contributed by atoms with Crippen molar-refractivity contribution in [3.05, 3.63) is 24.4 Å². The van der Waals surface area contributed by atoms with Gasteiger partial charge in [0.05, 0.1) is 0 Å². The second-order valence-corrected chi connectivity index (χ2v) is 5.87. The Bertz CT molecular complexity index is 386. The fraction of sp³-hybridized carbons (Fsp3) is 0.667. The minimum Gasteiger partial charge on any atom is -0.354 e. The molecule has 1 atom stereocenters. The van der Waals surface area contributed by atoms with Crippen LogP contribution in [0, 0.1) is 5.92 Å². The number of nitrogens with one attached hydrogen (secondary N) is 1. The lowest BCUT2D eigenvalue weighted by atomic mass is 9.81. The summed E-state index contributed by atoms with van der Waals surface area (Å²) in [6.45, 7) is 3.19. The van der Waals surface area contributed by atoms with Gasteiger partial charge in [-0.15, -0.1) is 0 Å². The summed E-state index contributed by atoms with van der Waals surface area (Å²) in [6.07, 6.45) is 6.80. The van der Waals surface area contributed by atoms with Gasteiger partial charge < -0.3 is 16.0 Å². The van der Waals surface area contributed by atoms with Crippen molar-refractivity contribution in [2.45, 2.75) is 37.8 Å². The number of rotatable bonds is 2. The summed E-state index contributed by atoms with van der Waals surface area (Å²) in [7, 11) is 0. The zero-order chi connectivity index (χ0) is 13.1. The second-order valence-electron chi connectivity index (χ2n) is 5.87. The third-order valence-corrected chi connectivity index (χ3v) is 4.56. The van der Waals surface area contributed by atoms with Gasteiger partial charge >= 0.3 is 0 Å². The molecule has 0 amide bonds. The Morgan fingerprint density at radius 2 is 2.05 bits per heavy atom. The van der Waals surface area contributed by atoms with Crippen molar-refractivity contribution in [1.29, 1.82) is 0 Å². The summed E-state index contributed by atoms with van der Waals surface area (Å²) in [4.78, 5) is 6.88. The fourth-order valence-electron chi connectivity index (χ4n) is 3.39. The van der Waals surface area contributed by atoms with E-state index in [2.05, 4.69) is 27.3 Å². The van der Waals surface area contributed by atoms with Crippen molar-refractivity contribution >= 4 is 5.82 Å². The molecule has 2 heterocycles. The molecule has 3 rings (SSSR count). The van der Waals surface area contributed by atoms with Gasteiger partial charge in [-0.3, -0.25) is 0 Å². The second kappa shape index (κ2) is 5.88. The first kappa shape index (κ1) is 12.9. The van der Waals surface area contributed by atoms with Gasteiger partial charge in [0.25, 0.3) is 0 Å². The van der Waals surface area contributed by atoms with Gasteiger partial charge in [-0.1, -0.05) is 6.07 Å². The molecule has 0 bridgehead atoms. The summed E-state index contributed by atoms with van der Waals surface area (Å²) >= 11 is 0. The molecule has 1 aromatic rings. The number of piperazine rings is 1. The molecule has 2 fully saturated rings. The standard InChI is InChI=1S/C15H24N4/c16-13-6-4-12(5-7-13)14-11-19(10-9-17-14)15-3-1-2-8-18-15/h1-3,8,12-14,17H,4-7,9-11,16H2/t12-,13-,14?. The van der Waals surface area contributed by atoms with Crippen molar-refractivity contribution in [2.75, 3.05) is 24.5 Å². The Kier molecular flexibility index (Phi) is 3.99. The van der Waals surface area contributed by atoms with Crippen LogP contribution in [0.15, 0.2) is 24.4 Å². The quantitative estimate of drug-likeness (QED) is 0.843. The van der Waals surface area contributed by atoms with E-state index in [4.69, 9.17) is 5.73 Å². The van der Waals surface area contributed by atoms with Crippen molar-refractivity contribution < 1.29 is 0 Å². The highest BCUT2D eigenvalue weighted by Crippen LogP contribution is 2.28. The molecule has 1 aliphatic carbocycles. The van der Waals surface area contributed by atoms with Crippen molar-refractivity contribution in [2.24, 2.45) is 11.7 Å². The predicted molar refractivity (Wildman–Crippen MR) is 78.2 cm³/mol. The van der Waals surface area contributed by atoms with Gasteiger partial charge in [0.15, 0.2) is 0 Å². The van der Waals surface area contributed by atoms with Crippen LogP contribution in [-0.4, -0.2) is 36.7 Å². The lowest BCUT2D eigenvalue weighted by molar-refractivity contribution is 0.242. The molecule has 1 unspecified atom stereocenters. The topological polar surface area (TPSA) is 54.2 Å². The number of pyridine rings is 1. The van der Waals surface area contributed by atoms with Crippen molar-refractivity contribution in [3.8, 4) is 0 Å². The first-order valence-electron chi connectivity index (χ1n) is 7.48. The van der Waals surface area contributed by atoms with E-state index in [9.17, 15) is 0 Å². The highest BCUT2D eigenvalue weighted by molar-refractivity contribution is 5.38. The van der Waals surface area contributed by atoms with Crippen LogP contribution in [0.5, 0.6) is 0 Å². The number of nitrogens with zero attached hydrogens (tertiary/aromatic N) is 2. The van der Waals surface area contributed by atoms with Crippen LogP contribution >= 0.6 is 0 Å². The Balaban J connectivity index is 1.62. The Morgan fingerprint density at radius 3 is 2.79 bits per heavy atom. The molecule has 104 valence electrons. The number of nitrogens with two attached hydrogens (primary N) is 1. The Morgan fingerprint density at radius 1 is 1.21 bits per heavy atom. The maximum Gasteiger partial charge on any atom is 0.128 e. The molecule has 19 heavy (non-hydrogen) atoms. The number of anilines is 1. The minimum atomic E-state index is 0.437. The highest BCUT2D eigenvalue weighted by atomic mass is 15.2. The fourth-order valence-corrected chi connectivity index (χ4v) is 3.39. The normalized spacial score (nSPS) is 32.3. The minimum absolute atomic E-state index is 0.437. The summed E-state index contributed by atoms with van der Waals surface area (Å²) in [5.41, 5.74) is 6.00. The Labute approximate surface area is 115 Å². The zero-order valence-corrected chi connectivity index (χ0v) is 11.5. The summed E-state index contributed by atoms with van der Waals surface area (Å²) in [6, 6.07) is 7.19. The van der Waals surface area contributed by atoms with Crippen LogP contribution in [0.25, 0.3) is 0 Å². The third-order valence-electron chi connectivity index (χ3n) is 4.56. The van der Waals surface area contributed by atoms with E-state index in [-0.39, 0.29) is 0 Å². The number of hydrogen-bond donors (Lipinski definition) is 2. The van der Waals surface area contributed by atoms with Gasteiger partial charge in [0.2, 0.25) is 0 Å². The zero-order valence-electron chi connectivity index (χ0n) is 11.5. The first-order chi connectivity index (χ1) is 9.33. The van der Waals surface area contributed by atoms with Crippen LogP contribution in [0.3, 0.4) is 0 Å². The molecule has 1 aliphatic heterocycles. The predicted octanol–water partition coefficient (Wildman–Crippen LogP) is 1.38. The van der Waals surface area contributed by atoms with E-state index in [0.717, 1.165) is 31.4 Å². The molecule has 2 aliphatic rings. The van der Waals surface area contributed by atoms with E-state index >= 15 is 0 Å². The largest absolute Gasteiger partial charge is 0.354 e. The molecule has 1 aromatic heterocycles. The van der Waals surface area contributed by atoms with Crippen LogP contribution in [-0.2, 0) is 0 Å². The third kappa shape index (κ3) is 3.07. The number of aromatic nitrogens is 1. The van der Waals surface area contributed by atoms with Gasteiger partial charge in [-0.25, -0.2) is 4.98 Å². The van der Waals surface area contributed by atoms with Gasteiger partial charge in [-0.05, 0) is 43.7 Å². The molecule has 0 aromatic carbocycles. The van der Waals surface area contributed by atoms with Crippen LogP contribution in [0.1, 0.15) is 25.7 Å². The van der Waals surface area contributed by atoms with E-state index < -0.39 is 0 Å². The van der Waals surface area contributed by atoms with E-state index in [1.165, 1.54) is 25.7 Å². The lowest BCUT2D eigenvalue weighted by Gasteiger charge is -2.40. The van der Waals surface area contributed by atoms with Gasteiger partial charge in [0, 0.05) is 37.9 Å². The maximum absolute atomic E-state index is 6.00. The van der Waals surface area contributed by atoms with Crippen LogP contribution in [0.2, 0.25) is 0 Å². The highest BCUT2D eigenvalue weighted by Gasteiger charge is 2.29. The average Bonchev–Trinajstić information content (AvgIpc) is 2.49. The smallest absolute Gasteiger partial charge is 0.128 e. The molecule has 1 saturated carbocycles. The monoisotopic (exact) mass is 260 g/mol. The molecular formula is C15H24N4. The van der Waals surface area contributed by atoms with E-state index in [1.54, 1.807) is 0 Å². The van der Waals surface area contributed by atoms with Crippen molar-refractivity contribution in [1.82, 2.24) is 10.3 Å². The van der Waals surface area contributed by atoms with Gasteiger partial charge in [-0.2, -0.15) is 0 Å². The van der Waals surface area contributed by atoms with Crippen LogP contribution in [0.4, 0.5) is 5.82 Å². The van der Waals surface area contributed by atoms with Crippen LogP contribution < -0.4 is 16.0 Å². The molecule has 1 saturated heterocycles. The van der Waals surface area contributed by atoms with E-state index in [0.29, 0.717) is 12.1 Å². The average molecular weight is 260 g/mol. The molecule has 3 N–H and O–H groups in total. The molecule has 0 radical (unpaired) electrons.